The summed E-state index contributed by atoms with van der Waals surface area (Å²) in [5.41, 5.74) is 1.68. The molecule has 0 atom stereocenters. The molecule has 5 nitrogen and oxygen atoms in total. The summed E-state index contributed by atoms with van der Waals surface area (Å²) >= 11 is 5.92. The summed E-state index contributed by atoms with van der Waals surface area (Å²) in [6.45, 7) is -0.110. The normalized spacial score (nSPS) is 10.5. The molecule has 0 fully saturated rings. The summed E-state index contributed by atoms with van der Waals surface area (Å²) in [6, 6.07) is 27.1. The quantitative estimate of drug-likeness (QED) is 0.408. The number of benzene rings is 4. The predicted octanol–water partition coefficient (Wildman–Crippen LogP) is 5.76. The number of halogens is 1. The lowest BCUT2D eigenvalue weighted by atomic mass is 10.1. The molecule has 0 bridgehead atoms. The highest BCUT2D eigenvalue weighted by Crippen LogP contribution is 2.25. The van der Waals surface area contributed by atoms with Crippen LogP contribution in [0.3, 0.4) is 0 Å². The van der Waals surface area contributed by atoms with Gasteiger partial charge in [0.2, 0.25) is 0 Å². The fourth-order valence-corrected chi connectivity index (χ4v) is 3.32. The van der Waals surface area contributed by atoms with E-state index in [-0.39, 0.29) is 18.4 Å². The zero-order valence-corrected chi connectivity index (χ0v) is 17.2. The summed E-state index contributed by atoms with van der Waals surface area (Å²) in [7, 11) is 0. The van der Waals surface area contributed by atoms with Gasteiger partial charge in [0, 0.05) is 27.3 Å². The smallest absolute Gasteiger partial charge is 0.262 e. The molecule has 0 aliphatic carbocycles. The van der Waals surface area contributed by atoms with E-state index in [1.807, 2.05) is 42.5 Å². The van der Waals surface area contributed by atoms with Crippen LogP contribution in [0.1, 0.15) is 10.4 Å². The molecule has 4 rings (SSSR count). The zero-order valence-electron chi connectivity index (χ0n) is 16.5. The van der Waals surface area contributed by atoms with E-state index >= 15 is 0 Å². The van der Waals surface area contributed by atoms with Gasteiger partial charge in [-0.2, -0.15) is 0 Å². The Hall–Kier alpha value is -3.83. The Morgan fingerprint density at radius 3 is 2.23 bits per heavy atom. The van der Waals surface area contributed by atoms with Crippen molar-refractivity contribution in [2.24, 2.45) is 0 Å². The second-order valence-corrected chi connectivity index (χ2v) is 7.29. The molecule has 4 aromatic carbocycles. The topological polar surface area (TPSA) is 67.4 Å². The summed E-state index contributed by atoms with van der Waals surface area (Å²) in [5.74, 6) is 0.124. The van der Waals surface area contributed by atoms with Crippen LogP contribution >= 0.6 is 11.6 Å². The molecular weight excluding hydrogens is 412 g/mol. The standard InChI is InChI=1S/C25H19ClN2O3/c26-19-8-3-7-18(15-19)25(30)28-21-13-11-20(12-14-21)27-24(29)16-31-23-10-4-6-17-5-1-2-9-22(17)23/h1-15H,16H2,(H,27,29)(H,28,30). The Kier molecular flexibility index (Phi) is 6.15. The number of fused-ring (bicyclic) bond motifs is 1. The lowest BCUT2D eigenvalue weighted by Crippen LogP contribution is -2.20. The van der Waals surface area contributed by atoms with Crippen molar-refractivity contribution < 1.29 is 14.3 Å². The molecule has 0 aliphatic rings. The van der Waals surface area contributed by atoms with Gasteiger partial charge < -0.3 is 15.4 Å². The average Bonchev–Trinajstić information content (AvgIpc) is 2.79. The first-order valence-electron chi connectivity index (χ1n) is 9.66. The van der Waals surface area contributed by atoms with Crippen molar-refractivity contribution in [3.63, 3.8) is 0 Å². The first-order chi connectivity index (χ1) is 15.1. The number of ether oxygens (including phenoxy) is 1. The molecular formula is C25H19ClN2O3. The van der Waals surface area contributed by atoms with Crippen molar-refractivity contribution in [1.82, 2.24) is 0 Å². The van der Waals surface area contributed by atoms with Gasteiger partial charge in [0.1, 0.15) is 5.75 Å². The summed E-state index contributed by atoms with van der Waals surface area (Å²) in [6.07, 6.45) is 0. The molecule has 0 spiro atoms. The first kappa shape index (κ1) is 20.4. The Labute approximate surface area is 184 Å². The zero-order chi connectivity index (χ0) is 21.6. The lowest BCUT2D eigenvalue weighted by molar-refractivity contribution is -0.118. The van der Waals surface area contributed by atoms with Gasteiger partial charge in [-0.05, 0) is 53.9 Å². The van der Waals surface area contributed by atoms with Gasteiger partial charge >= 0.3 is 0 Å². The fraction of sp³-hybridized carbons (Fsp3) is 0.0400. The minimum atomic E-state index is -0.274. The number of hydrogen-bond acceptors (Lipinski definition) is 3. The van der Waals surface area contributed by atoms with E-state index in [4.69, 9.17) is 16.3 Å². The highest BCUT2D eigenvalue weighted by atomic mass is 35.5. The van der Waals surface area contributed by atoms with Crippen molar-refractivity contribution in [1.29, 1.82) is 0 Å². The van der Waals surface area contributed by atoms with Crippen LogP contribution in [-0.2, 0) is 4.79 Å². The average molecular weight is 431 g/mol. The van der Waals surface area contributed by atoms with Crippen molar-refractivity contribution in [2.45, 2.75) is 0 Å². The number of hydrogen-bond donors (Lipinski definition) is 2. The van der Waals surface area contributed by atoms with E-state index in [0.29, 0.717) is 27.7 Å². The van der Waals surface area contributed by atoms with Gasteiger partial charge in [-0.15, -0.1) is 0 Å². The van der Waals surface area contributed by atoms with Crippen LogP contribution in [0.2, 0.25) is 5.02 Å². The van der Waals surface area contributed by atoms with Crippen LogP contribution in [-0.4, -0.2) is 18.4 Å². The van der Waals surface area contributed by atoms with Gasteiger partial charge in [0.15, 0.2) is 6.61 Å². The van der Waals surface area contributed by atoms with Crippen LogP contribution in [0.15, 0.2) is 91.0 Å². The molecule has 0 unspecified atom stereocenters. The third-order valence-electron chi connectivity index (χ3n) is 4.62. The maximum Gasteiger partial charge on any atom is 0.262 e. The van der Waals surface area contributed by atoms with E-state index in [1.54, 1.807) is 48.5 Å². The third kappa shape index (κ3) is 5.21. The lowest BCUT2D eigenvalue weighted by Gasteiger charge is -2.10. The maximum absolute atomic E-state index is 12.3. The van der Waals surface area contributed by atoms with E-state index in [0.717, 1.165) is 10.8 Å². The van der Waals surface area contributed by atoms with Gasteiger partial charge in [0.05, 0.1) is 0 Å². The number of carbonyl (C=O) groups excluding carboxylic acids is 2. The summed E-state index contributed by atoms with van der Waals surface area (Å²) in [4.78, 5) is 24.6. The van der Waals surface area contributed by atoms with Crippen LogP contribution in [0.5, 0.6) is 5.75 Å². The number of rotatable bonds is 6. The first-order valence-corrected chi connectivity index (χ1v) is 10.0. The number of amides is 2. The fourth-order valence-electron chi connectivity index (χ4n) is 3.13. The second-order valence-electron chi connectivity index (χ2n) is 6.86. The van der Waals surface area contributed by atoms with E-state index in [9.17, 15) is 9.59 Å². The highest BCUT2D eigenvalue weighted by molar-refractivity contribution is 6.31. The van der Waals surface area contributed by atoms with E-state index in [2.05, 4.69) is 10.6 Å². The molecule has 0 saturated heterocycles. The highest BCUT2D eigenvalue weighted by Gasteiger charge is 2.08. The van der Waals surface area contributed by atoms with E-state index in [1.165, 1.54) is 0 Å². The molecule has 6 heteroatoms. The van der Waals surface area contributed by atoms with Gasteiger partial charge in [-0.3, -0.25) is 9.59 Å². The molecule has 154 valence electrons. The van der Waals surface area contributed by atoms with Crippen molar-refractivity contribution in [3.05, 3.63) is 102 Å². The SMILES string of the molecule is O=C(COc1cccc2ccccc12)Nc1ccc(NC(=O)c2cccc(Cl)c2)cc1. The molecule has 0 aliphatic heterocycles. The van der Waals surface area contributed by atoms with Gasteiger partial charge in [-0.1, -0.05) is 54.1 Å². The monoisotopic (exact) mass is 430 g/mol. The van der Waals surface area contributed by atoms with Crippen LogP contribution in [0.4, 0.5) is 11.4 Å². The molecule has 0 aromatic heterocycles. The van der Waals surface area contributed by atoms with E-state index < -0.39 is 0 Å². The van der Waals surface area contributed by atoms with Crippen LogP contribution in [0, 0.1) is 0 Å². The molecule has 2 amide bonds. The second kappa shape index (κ2) is 9.32. The molecule has 31 heavy (non-hydrogen) atoms. The minimum Gasteiger partial charge on any atom is -0.483 e. The van der Waals surface area contributed by atoms with Crippen molar-refractivity contribution in [3.8, 4) is 5.75 Å². The Bertz CT molecular complexity index is 1230. The predicted molar refractivity (Wildman–Crippen MR) is 124 cm³/mol. The van der Waals surface area contributed by atoms with Crippen LogP contribution in [0.25, 0.3) is 10.8 Å². The Balaban J connectivity index is 1.33. The molecule has 0 saturated carbocycles. The third-order valence-corrected chi connectivity index (χ3v) is 4.86. The van der Waals surface area contributed by atoms with Gasteiger partial charge in [0.25, 0.3) is 11.8 Å². The molecule has 0 heterocycles. The Morgan fingerprint density at radius 2 is 1.45 bits per heavy atom. The summed E-state index contributed by atoms with van der Waals surface area (Å²) < 4.78 is 5.71. The number of nitrogens with one attached hydrogen (secondary N) is 2. The van der Waals surface area contributed by atoms with Crippen LogP contribution < -0.4 is 15.4 Å². The minimum absolute atomic E-state index is 0.110. The largest absolute Gasteiger partial charge is 0.483 e. The molecule has 0 radical (unpaired) electrons. The maximum atomic E-state index is 12.3. The van der Waals surface area contributed by atoms with Crippen molar-refractivity contribution >= 4 is 45.6 Å². The molecule has 2 N–H and O–H groups in total. The number of anilines is 2. The Morgan fingerprint density at radius 1 is 0.774 bits per heavy atom. The van der Waals surface area contributed by atoms with Gasteiger partial charge in [-0.25, -0.2) is 0 Å². The molecule has 4 aromatic rings. The van der Waals surface area contributed by atoms with Crippen molar-refractivity contribution in [2.75, 3.05) is 17.2 Å². The number of carbonyl (C=O) groups is 2. The summed E-state index contributed by atoms with van der Waals surface area (Å²) in [5, 5.41) is 8.08.